The number of alkyl halides is 3. The summed E-state index contributed by atoms with van der Waals surface area (Å²) in [4.78, 5) is 29.9. The number of piperazine rings is 1. The Labute approximate surface area is 333 Å². The lowest BCUT2D eigenvalue weighted by atomic mass is 9.89. The van der Waals surface area contributed by atoms with E-state index in [1.165, 1.54) is 11.8 Å². The minimum absolute atomic E-state index is 0.0681. The van der Waals surface area contributed by atoms with Gasteiger partial charge in [-0.2, -0.15) is 13.2 Å². The second kappa shape index (κ2) is 18.1. The summed E-state index contributed by atoms with van der Waals surface area (Å²) < 4.78 is 79.1. The summed E-state index contributed by atoms with van der Waals surface area (Å²) in [5.74, 6) is -1.34. The molecular formula is C39H42ClF3N6O7S. The second-order valence-electron chi connectivity index (χ2n) is 14.0. The normalized spacial score (nSPS) is 16.3. The van der Waals surface area contributed by atoms with Gasteiger partial charge in [-0.15, -0.1) is 10.2 Å². The van der Waals surface area contributed by atoms with Crippen LogP contribution in [0.25, 0.3) is 0 Å². The Hall–Kier alpha value is -4.97. The van der Waals surface area contributed by atoms with Gasteiger partial charge in [0.15, 0.2) is 5.69 Å². The summed E-state index contributed by atoms with van der Waals surface area (Å²) in [7, 11) is -3.93. The smallest absolute Gasteiger partial charge is 0.435 e. The molecule has 13 nitrogen and oxygen atoms in total. The van der Waals surface area contributed by atoms with E-state index < -0.39 is 34.0 Å². The molecule has 0 radical (unpaired) electrons. The molecule has 2 N–H and O–H groups in total. The van der Waals surface area contributed by atoms with Crippen LogP contribution in [0, 0.1) is 0 Å². The monoisotopic (exact) mass is 830 g/mol. The average molecular weight is 831 g/mol. The number of quaternary nitrogens is 1. The number of ether oxygens (including phenoxy) is 2. The van der Waals surface area contributed by atoms with Crippen molar-refractivity contribution in [1.82, 2.24) is 15.1 Å². The van der Waals surface area contributed by atoms with E-state index in [0.29, 0.717) is 86.2 Å². The van der Waals surface area contributed by atoms with E-state index in [0.717, 1.165) is 17.7 Å². The van der Waals surface area contributed by atoms with Crippen molar-refractivity contribution in [3.05, 3.63) is 106 Å². The lowest BCUT2D eigenvalue weighted by molar-refractivity contribution is -0.901. The fraction of sp³-hybridized carbons (Fsp3) is 0.385. The van der Waals surface area contributed by atoms with Crippen LogP contribution < -0.4 is 24.4 Å². The minimum Gasteiger partial charge on any atom is -0.547 e. The lowest BCUT2D eigenvalue weighted by Crippen LogP contribution is -3.15. The van der Waals surface area contributed by atoms with Crippen molar-refractivity contribution >= 4 is 44.9 Å². The number of nitrogens with zero attached hydrogens (tertiary/aromatic N) is 4. The minimum atomic E-state index is -4.60. The van der Waals surface area contributed by atoms with E-state index in [-0.39, 0.29) is 35.8 Å². The number of carbonyl (C=O) groups excluding carboxylic acids is 2. The Kier molecular flexibility index (Phi) is 13.2. The van der Waals surface area contributed by atoms with Gasteiger partial charge in [-0.05, 0) is 85.3 Å². The van der Waals surface area contributed by atoms with Gasteiger partial charge >= 0.3 is 6.18 Å². The Balaban J connectivity index is 1.10. The van der Waals surface area contributed by atoms with Gasteiger partial charge in [0.1, 0.15) is 12.3 Å². The number of carboxylic acid groups (broad SMARTS) is 1. The van der Waals surface area contributed by atoms with E-state index in [9.17, 15) is 36.3 Å². The number of piperidine rings is 1. The molecule has 0 aliphatic carbocycles. The Bertz CT molecular complexity index is 2130. The predicted molar refractivity (Wildman–Crippen MR) is 204 cm³/mol. The van der Waals surface area contributed by atoms with Crippen molar-refractivity contribution < 1.29 is 50.7 Å². The Morgan fingerprint density at radius 2 is 1.70 bits per heavy atom. The van der Waals surface area contributed by atoms with Gasteiger partial charge in [-0.1, -0.05) is 35.9 Å². The first-order valence-corrected chi connectivity index (χ1v) is 20.4. The number of aliphatic carboxylic acids is 1. The zero-order valence-electron chi connectivity index (χ0n) is 31.0. The molecule has 4 aromatic rings. The van der Waals surface area contributed by atoms with Crippen molar-refractivity contribution in [2.45, 2.75) is 43.7 Å². The average Bonchev–Trinajstić information content (AvgIpc) is 3.18. The highest BCUT2D eigenvalue weighted by Crippen LogP contribution is 2.34. The zero-order valence-corrected chi connectivity index (χ0v) is 32.6. The molecule has 304 valence electrons. The van der Waals surface area contributed by atoms with Crippen LogP contribution in [-0.2, 0) is 31.5 Å². The number of benzene rings is 3. The first-order chi connectivity index (χ1) is 27.1. The van der Waals surface area contributed by atoms with Crippen LogP contribution >= 0.6 is 11.6 Å². The molecule has 18 heteroatoms. The Morgan fingerprint density at radius 1 is 0.982 bits per heavy atom. The summed E-state index contributed by atoms with van der Waals surface area (Å²) in [6, 6.07) is 20.8. The number of hydrogen-bond acceptors (Lipinski definition) is 10. The molecule has 2 saturated heterocycles. The highest BCUT2D eigenvalue weighted by atomic mass is 35.5. The van der Waals surface area contributed by atoms with Gasteiger partial charge in [-0.25, -0.2) is 8.42 Å². The fourth-order valence-electron chi connectivity index (χ4n) is 6.89. The molecule has 2 aliphatic rings. The van der Waals surface area contributed by atoms with Crippen LogP contribution in [0.5, 0.6) is 11.6 Å². The van der Waals surface area contributed by atoms with Gasteiger partial charge in [0, 0.05) is 29.7 Å². The molecule has 1 aromatic heterocycles. The molecule has 6 rings (SSSR count). The van der Waals surface area contributed by atoms with Crippen molar-refractivity contribution in [2.75, 3.05) is 62.0 Å². The summed E-state index contributed by atoms with van der Waals surface area (Å²) in [5, 5.41) is 18.1. The van der Waals surface area contributed by atoms with Gasteiger partial charge in [0.05, 0.1) is 62.0 Å². The highest BCUT2D eigenvalue weighted by molar-refractivity contribution is 7.91. The van der Waals surface area contributed by atoms with Crippen LogP contribution in [0.2, 0.25) is 5.02 Å². The Morgan fingerprint density at radius 3 is 2.33 bits per heavy atom. The van der Waals surface area contributed by atoms with E-state index in [1.807, 2.05) is 12.1 Å². The number of amides is 1. The molecule has 2 aliphatic heterocycles. The second-order valence-corrected chi connectivity index (χ2v) is 16.2. The molecule has 1 atom stereocenters. The molecule has 0 unspecified atom stereocenters. The first-order valence-electron chi connectivity index (χ1n) is 18.4. The largest absolute Gasteiger partial charge is 0.547 e. The number of rotatable bonds is 14. The number of nitrogens with one attached hydrogen (secondary N) is 2. The molecule has 3 aromatic carbocycles. The fourth-order valence-corrected chi connectivity index (χ4v) is 8.29. The van der Waals surface area contributed by atoms with Crippen LogP contribution in [0.15, 0.2) is 78.9 Å². The number of carboxylic acids is 1. The van der Waals surface area contributed by atoms with Crippen molar-refractivity contribution in [3.63, 3.8) is 0 Å². The molecule has 0 bridgehead atoms. The van der Waals surface area contributed by atoms with Crippen LogP contribution in [0.4, 0.5) is 24.5 Å². The van der Waals surface area contributed by atoms with Crippen molar-refractivity contribution in [3.8, 4) is 11.6 Å². The topological polar surface area (TPSA) is 159 Å². The summed E-state index contributed by atoms with van der Waals surface area (Å²) in [5.41, 5.74) is 1.69. The molecule has 0 spiro atoms. The maximum Gasteiger partial charge on any atom is 0.435 e. The number of halogens is 4. The summed E-state index contributed by atoms with van der Waals surface area (Å²) >= 11 is 6.12. The quantitative estimate of drug-likeness (QED) is 0.192. The number of anilines is 2. The summed E-state index contributed by atoms with van der Waals surface area (Å²) in [6.07, 6.45) is -4.24. The molecule has 3 heterocycles. The molecule has 57 heavy (non-hydrogen) atoms. The van der Waals surface area contributed by atoms with Gasteiger partial charge in [-0.3, -0.25) is 9.52 Å². The van der Waals surface area contributed by atoms with E-state index in [2.05, 4.69) is 19.8 Å². The van der Waals surface area contributed by atoms with E-state index in [4.69, 9.17) is 21.1 Å². The molecular weight excluding hydrogens is 789 g/mol. The van der Waals surface area contributed by atoms with Crippen LogP contribution in [-0.4, -0.2) is 93.9 Å². The molecule has 2 fully saturated rings. The number of likely N-dealkylation sites (tertiary alicyclic amines) is 1. The van der Waals surface area contributed by atoms with Crippen molar-refractivity contribution in [1.29, 1.82) is 0 Å². The third-order valence-corrected chi connectivity index (χ3v) is 11.5. The van der Waals surface area contributed by atoms with Gasteiger partial charge < -0.3 is 34.1 Å². The van der Waals surface area contributed by atoms with E-state index >= 15 is 0 Å². The number of sulfonamides is 1. The highest BCUT2D eigenvalue weighted by Gasteiger charge is 2.33. The maximum absolute atomic E-state index is 13.9. The third kappa shape index (κ3) is 11.3. The number of carbonyl (C=O) groups is 2. The maximum atomic E-state index is 13.9. The SMILES string of the molecule is C[C@H](OCC[NH+]1CCN(c2ccc(C(=O)N3CCC(c4ccc(Oc5ccc(C(F)(F)F)nn5)cc4)CC3)cc2NS(=O)(=O)Cc2cccc(Cl)c2)CC1)C(=O)[O-]. The van der Waals surface area contributed by atoms with Crippen molar-refractivity contribution in [2.24, 2.45) is 0 Å². The molecule has 1 amide bonds. The van der Waals surface area contributed by atoms with E-state index in [1.54, 1.807) is 59.5 Å². The zero-order chi connectivity index (χ0) is 40.7. The third-order valence-electron chi connectivity index (χ3n) is 10.0. The van der Waals surface area contributed by atoms with Gasteiger partial charge in [0.2, 0.25) is 15.9 Å². The summed E-state index contributed by atoms with van der Waals surface area (Å²) in [6.45, 7) is 5.83. The predicted octanol–water partition coefficient (Wildman–Crippen LogP) is 3.76. The van der Waals surface area contributed by atoms with Crippen LogP contribution in [0.1, 0.15) is 52.9 Å². The standard InChI is InChI=1S/C39H42ClF3N6O7S/c1-26(38(51)52)55-22-21-47-17-19-48(20-18-47)34-10-7-30(24-33(34)46-57(53,54)25-27-3-2-4-31(40)23-27)37(50)49-15-13-29(14-16-49)28-5-8-32(9-6-28)56-36-12-11-35(44-45-36)39(41,42)43/h2-12,23-24,26,29,46H,13-22,25H2,1H3,(H,51,52)/t26-/m0/s1. The lowest BCUT2D eigenvalue weighted by Gasteiger charge is -2.35. The van der Waals surface area contributed by atoms with Gasteiger partial charge in [0.25, 0.3) is 5.91 Å². The first kappa shape index (κ1) is 41.7. The number of aromatic nitrogens is 2. The number of hydrogen-bond donors (Lipinski definition) is 2. The van der Waals surface area contributed by atoms with Crippen LogP contribution in [0.3, 0.4) is 0 Å². The molecule has 0 saturated carbocycles.